The molecule has 4 atom stereocenters. The fraction of sp³-hybridized carbons (Fsp3) is 0.333. The molecule has 2 amide bonds. The topological polar surface area (TPSA) is 137 Å². The third-order valence-corrected chi connectivity index (χ3v) is 7.35. The van der Waals surface area contributed by atoms with Crippen molar-refractivity contribution >= 4 is 17.7 Å². The van der Waals surface area contributed by atoms with Crippen LogP contribution in [-0.4, -0.2) is 68.2 Å². The molecule has 2 unspecified atom stereocenters. The normalized spacial score (nSPS) is 26.5. The molecule has 4 heterocycles. The first kappa shape index (κ1) is 22.1. The van der Waals surface area contributed by atoms with Gasteiger partial charge in [-0.1, -0.05) is 11.3 Å². The number of hydrogen-bond acceptors (Lipinski definition) is 8. The quantitative estimate of drug-likeness (QED) is 0.569. The van der Waals surface area contributed by atoms with Crippen LogP contribution in [0.5, 0.6) is 0 Å². The van der Waals surface area contributed by atoms with E-state index in [1.54, 1.807) is 35.4 Å². The summed E-state index contributed by atoms with van der Waals surface area (Å²) in [6.07, 6.45) is 3.33. The Balaban J connectivity index is 1.19. The number of nitriles is 1. The van der Waals surface area contributed by atoms with Gasteiger partial charge < -0.3 is 14.7 Å². The summed E-state index contributed by atoms with van der Waals surface area (Å²) in [5.74, 6) is -0.939. The molecule has 1 aliphatic carbocycles. The molecule has 0 spiro atoms. The van der Waals surface area contributed by atoms with Crippen LogP contribution in [-0.2, 0) is 14.9 Å². The van der Waals surface area contributed by atoms with Crippen molar-refractivity contribution in [2.24, 2.45) is 11.8 Å². The van der Waals surface area contributed by atoms with Gasteiger partial charge in [-0.25, -0.2) is 13.9 Å². The number of aliphatic hydroxyl groups is 1. The van der Waals surface area contributed by atoms with Crippen LogP contribution >= 0.6 is 0 Å². The highest BCUT2D eigenvalue weighted by Gasteiger charge is 2.71. The van der Waals surface area contributed by atoms with Crippen LogP contribution in [0.15, 0.2) is 48.9 Å². The molecule has 0 radical (unpaired) electrons. The highest BCUT2D eigenvalue weighted by atomic mass is 19.1. The number of pyridine rings is 1. The lowest BCUT2D eigenvalue weighted by Crippen LogP contribution is -2.36. The number of likely N-dealkylation sites (tertiary alicyclic amines) is 1. The van der Waals surface area contributed by atoms with E-state index < -0.39 is 30.2 Å². The van der Waals surface area contributed by atoms with E-state index in [0.29, 0.717) is 35.6 Å². The van der Waals surface area contributed by atoms with Crippen molar-refractivity contribution in [1.82, 2.24) is 24.9 Å². The van der Waals surface area contributed by atoms with Gasteiger partial charge >= 0.3 is 6.09 Å². The Kier molecular flexibility index (Phi) is 4.97. The molecule has 182 valence electrons. The SMILES string of the molecule is N#CC1(c2ccc(-c3ccc(N4CC(n5ccnn5)OC4=O)cc3F)cn2)[C@@H]2CN(C(=O)CO)C[C@@H]21. The Morgan fingerprint density at radius 2 is 2.06 bits per heavy atom. The molecular formula is C24H20FN7O4. The molecule has 3 aromatic rings. The highest BCUT2D eigenvalue weighted by molar-refractivity contribution is 5.90. The van der Waals surface area contributed by atoms with Crippen molar-refractivity contribution in [3.8, 4) is 17.2 Å². The van der Waals surface area contributed by atoms with Crippen LogP contribution in [0.3, 0.4) is 0 Å². The number of carbonyl (C=O) groups is 2. The van der Waals surface area contributed by atoms with E-state index in [0.717, 1.165) is 0 Å². The first-order valence-corrected chi connectivity index (χ1v) is 11.4. The fourth-order valence-electron chi connectivity index (χ4n) is 5.41. The average Bonchev–Trinajstić information content (AvgIpc) is 3.43. The van der Waals surface area contributed by atoms with Gasteiger partial charge in [-0.15, -0.1) is 5.10 Å². The smallest absolute Gasteiger partial charge is 0.416 e. The molecule has 3 fully saturated rings. The molecule has 2 aliphatic heterocycles. The van der Waals surface area contributed by atoms with Gasteiger partial charge in [-0.2, -0.15) is 5.26 Å². The maximum absolute atomic E-state index is 15.1. The average molecular weight is 489 g/mol. The molecule has 2 aromatic heterocycles. The number of halogens is 1. The second-order valence-electron chi connectivity index (χ2n) is 9.08. The van der Waals surface area contributed by atoms with E-state index in [1.807, 2.05) is 0 Å². The number of ether oxygens (including phenoxy) is 1. The molecule has 1 N–H and O–H groups in total. The van der Waals surface area contributed by atoms with E-state index in [1.165, 1.54) is 28.0 Å². The Bertz CT molecular complexity index is 1380. The van der Waals surface area contributed by atoms with E-state index >= 15 is 4.39 Å². The van der Waals surface area contributed by atoms with Crippen molar-refractivity contribution in [2.75, 3.05) is 31.1 Å². The summed E-state index contributed by atoms with van der Waals surface area (Å²) in [6, 6.07) is 10.3. The largest absolute Gasteiger partial charge is 0.421 e. The Labute approximate surface area is 204 Å². The lowest BCUT2D eigenvalue weighted by Gasteiger charge is -2.22. The zero-order chi connectivity index (χ0) is 25.0. The number of anilines is 1. The molecule has 6 rings (SSSR count). The number of piperidine rings is 1. The van der Waals surface area contributed by atoms with E-state index in [9.17, 15) is 14.9 Å². The fourth-order valence-corrected chi connectivity index (χ4v) is 5.41. The van der Waals surface area contributed by atoms with Gasteiger partial charge in [0.25, 0.3) is 0 Å². The molecule has 2 saturated heterocycles. The number of fused-ring (bicyclic) bond motifs is 1. The van der Waals surface area contributed by atoms with Gasteiger partial charge in [0.1, 0.15) is 17.8 Å². The lowest BCUT2D eigenvalue weighted by molar-refractivity contribution is -0.133. The second-order valence-corrected chi connectivity index (χ2v) is 9.08. The number of rotatable bonds is 5. The third-order valence-electron chi connectivity index (χ3n) is 7.35. The summed E-state index contributed by atoms with van der Waals surface area (Å²) in [6.45, 7) is 0.441. The number of benzene rings is 1. The molecule has 36 heavy (non-hydrogen) atoms. The molecule has 1 aromatic carbocycles. The number of hydrogen-bond donors (Lipinski definition) is 1. The van der Waals surface area contributed by atoms with Crippen molar-refractivity contribution in [1.29, 1.82) is 5.26 Å². The molecule has 12 heteroatoms. The van der Waals surface area contributed by atoms with Crippen LogP contribution in [0.2, 0.25) is 0 Å². The zero-order valence-electron chi connectivity index (χ0n) is 18.9. The van der Waals surface area contributed by atoms with Crippen LogP contribution in [0, 0.1) is 29.0 Å². The van der Waals surface area contributed by atoms with Crippen LogP contribution in [0.25, 0.3) is 11.1 Å². The van der Waals surface area contributed by atoms with Crippen molar-refractivity contribution in [3.05, 3.63) is 60.4 Å². The van der Waals surface area contributed by atoms with Gasteiger partial charge in [0.2, 0.25) is 12.1 Å². The number of cyclic esters (lactones) is 1. The van der Waals surface area contributed by atoms with Crippen LogP contribution in [0.1, 0.15) is 11.9 Å². The maximum Gasteiger partial charge on any atom is 0.416 e. The first-order chi connectivity index (χ1) is 17.5. The minimum absolute atomic E-state index is 0.0334. The molecular weight excluding hydrogens is 469 g/mol. The lowest BCUT2D eigenvalue weighted by atomic mass is 9.95. The maximum atomic E-state index is 15.1. The zero-order valence-corrected chi connectivity index (χ0v) is 18.9. The van der Waals surface area contributed by atoms with Gasteiger partial charge in [-0.3, -0.25) is 14.7 Å². The van der Waals surface area contributed by atoms with Gasteiger partial charge in [0, 0.05) is 48.4 Å². The van der Waals surface area contributed by atoms with Gasteiger partial charge in [0.05, 0.1) is 30.2 Å². The monoisotopic (exact) mass is 489 g/mol. The highest BCUT2D eigenvalue weighted by Crippen LogP contribution is 2.62. The van der Waals surface area contributed by atoms with E-state index in [2.05, 4.69) is 21.4 Å². The summed E-state index contributed by atoms with van der Waals surface area (Å²) in [5, 5.41) is 26.5. The number of amides is 2. The van der Waals surface area contributed by atoms with Gasteiger partial charge in [0.15, 0.2) is 0 Å². The third kappa shape index (κ3) is 3.24. The number of nitrogens with zero attached hydrogens (tertiary/aromatic N) is 7. The Morgan fingerprint density at radius 1 is 1.25 bits per heavy atom. The minimum Gasteiger partial charge on any atom is -0.421 e. The molecule has 0 bridgehead atoms. The molecule has 3 aliphatic rings. The number of aromatic nitrogens is 4. The molecule has 11 nitrogen and oxygen atoms in total. The van der Waals surface area contributed by atoms with Crippen molar-refractivity contribution in [2.45, 2.75) is 11.6 Å². The predicted molar refractivity (Wildman–Crippen MR) is 120 cm³/mol. The van der Waals surface area contributed by atoms with Crippen molar-refractivity contribution < 1.29 is 23.8 Å². The van der Waals surface area contributed by atoms with E-state index in [4.69, 9.17) is 9.84 Å². The first-order valence-electron chi connectivity index (χ1n) is 11.4. The van der Waals surface area contributed by atoms with Crippen molar-refractivity contribution in [3.63, 3.8) is 0 Å². The number of carbonyl (C=O) groups excluding carboxylic acids is 2. The summed E-state index contributed by atoms with van der Waals surface area (Å²) >= 11 is 0. The summed E-state index contributed by atoms with van der Waals surface area (Å²) in [7, 11) is 0. The summed E-state index contributed by atoms with van der Waals surface area (Å²) < 4.78 is 21.8. The Hall–Kier alpha value is -4.37. The minimum atomic E-state index is -0.774. The van der Waals surface area contributed by atoms with E-state index in [-0.39, 0.29) is 24.3 Å². The van der Waals surface area contributed by atoms with Crippen LogP contribution < -0.4 is 4.90 Å². The Morgan fingerprint density at radius 3 is 2.67 bits per heavy atom. The molecule has 1 saturated carbocycles. The second kappa shape index (κ2) is 8.10. The summed E-state index contributed by atoms with van der Waals surface area (Å²) in [4.78, 5) is 31.5. The predicted octanol–water partition coefficient (Wildman–Crippen LogP) is 1.48. The number of aliphatic hydroxyl groups excluding tert-OH is 1. The summed E-state index contributed by atoms with van der Waals surface area (Å²) in [5.41, 5.74) is 1.01. The van der Waals surface area contributed by atoms with Crippen LogP contribution in [0.4, 0.5) is 14.9 Å². The van der Waals surface area contributed by atoms with Gasteiger partial charge in [-0.05, 0) is 24.3 Å². The standard InChI is InChI=1S/C24H20FN7O4/c25-19-7-15(31-11-22(36-23(31)35)32-6-5-28-29-32)2-3-16(19)14-1-4-20(27-8-14)24(13-26)17-9-30(10-18(17)24)21(34)12-33/h1-8,17-18,22,33H,9-12H2/t17-,18+,22?,24?.